The molecule has 1 amide bonds. The molecule has 1 atom stereocenters. The van der Waals surface area contributed by atoms with Gasteiger partial charge in [0.25, 0.3) is 5.91 Å². The molecule has 1 unspecified atom stereocenters. The van der Waals surface area contributed by atoms with Crippen molar-refractivity contribution < 1.29 is 4.79 Å². The summed E-state index contributed by atoms with van der Waals surface area (Å²) in [5, 5.41) is 2.07. The van der Waals surface area contributed by atoms with E-state index < -0.39 is 0 Å². The summed E-state index contributed by atoms with van der Waals surface area (Å²) in [5.74, 6) is 0.0317. The van der Waals surface area contributed by atoms with Gasteiger partial charge in [-0.05, 0) is 30.9 Å². The fourth-order valence-electron chi connectivity index (χ4n) is 2.38. The van der Waals surface area contributed by atoms with Crippen molar-refractivity contribution in [2.24, 2.45) is 0 Å². The quantitative estimate of drug-likeness (QED) is 0.890. The Labute approximate surface area is 130 Å². The highest BCUT2D eigenvalue weighted by molar-refractivity contribution is 7.09. The number of nitrogens with zero attached hydrogens (tertiary/aromatic N) is 2. The standard InChI is InChI=1S/C16H23N3OS/c1-4-7-19-11-13(17)10-15(19)16(20)18(3)12(2)9-14-6-5-8-21-14/h5-6,8,10-12H,4,7,9,17H2,1-3H3. The van der Waals surface area contributed by atoms with Crippen LogP contribution in [-0.4, -0.2) is 28.5 Å². The van der Waals surface area contributed by atoms with Gasteiger partial charge in [-0.2, -0.15) is 0 Å². The summed E-state index contributed by atoms with van der Waals surface area (Å²) in [6.07, 6.45) is 3.70. The minimum Gasteiger partial charge on any atom is -0.397 e. The average Bonchev–Trinajstić information content (AvgIpc) is 3.07. The molecule has 0 aliphatic rings. The van der Waals surface area contributed by atoms with Gasteiger partial charge in [-0.25, -0.2) is 0 Å². The number of likely N-dealkylation sites (N-methyl/N-ethyl adjacent to an activating group) is 1. The lowest BCUT2D eigenvalue weighted by atomic mass is 10.1. The van der Waals surface area contributed by atoms with Crippen LogP contribution in [0, 0.1) is 0 Å². The van der Waals surface area contributed by atoms with Crippen LogP contribution < -0.4 is 5.73 Å². The molecule has 0 spiro atoms. The lowest BCUT2D eigenvalue weighted by Crippen LogP contribution is -2.37. The van der Waals surface area contributed by atoms with Crippen LogP contribution in [-0.2, 0) is 13.0 Å². The maximum Gasteiger partial charge on any atom is 0.270 e. The smallest absolute Gasteiger partial charge is 0.270 e. The first kappa shape index (κ1) is 15.6. The molecule has 2 aromatic rings. The lowest BCUT2D eigenvalue weighted by molar-refractivity contribution is 0.0733. The fraction of sp³-hybridized carbons (Fsp3) is 0.438. The van der Waals surface area contributed by atoms with Gasteiger partial charge in [0, 0.05) is 37.1 Å². The summed E-state index contributed by atoms with van der Waals surface area (Å²) >= 11 is 1.73. The van der Waals surface area contributed by atoms with Crippen LogP contribution in [0.2, 0.25) is 0 Å². The zero-order valence-corrected chi connectivity index (χ0v) is 13.7. The van der Waals surface area contributed by atoms with E-state index in [0.717, 1.165) is 19.4 Å². The first-order valence-corrected chi connectivity index (χ1v) is 8.16. The Kier molecular flexibility index (Phi) is 5.07. The summed E-state index contributed by atoms with van der Waals surface area (Å²) in [7, 11) is 1.86. The maximum atomic E-state index is 12.7. The number of hydrogen-bond acceptors (Lipinski definition) is 3. The lowest BCUT2D eigenvalue weighted by Gasteiger charge is -2.25. The van der Waals surface area contributed by atoms with E-state index in [0.29, 0.717) is 11.4 Å². The number of carbonyl (C=O) groups is 1. The zero-order chi connectivity index (χ0) is 15.4. The molecule has 21 heavy (non-hydrogen) atoms. The number of thiophene rings is 1. The summed E-state index contributed by atoms with van der Waals surface area (Å²) in [5.41, 5.74) is 7.16. The Hall–Kier alpha value is -1.75. The van der Waals surface area contributed by atoms with Gasteiger partial charge in [-0.3, -0.25) is 4.79 Å². The molecular formula is C16H23N3OS. The Balaban J connectivity index is 2.11. The van der Waals surface area contributed by atoms with Crippen molar-refractivity contribution in [3.05, 3.63) is 40.3 Å². The summed E-state index contributed by atoms with van der Waals surface area (Å²) in [6, 6.07) is 6.08. The molecule has 114 valence electrons. The number of amides is 1. The van der Waals surface area contributed by atoms with E-state index >= 15 is 0 Å². The molecule has 2 rings (SSSR count). The summed E-state index contributed by atoms with van der Waals surface area (Å²) in [6.45, 7) is 4.98. The topological polar surface area (TPSA) is 51.3 Å². The third-order valence-electron chi connectivity index (χ3n) is 3.66. The Morgan fingerprint density at radius 1 is 1.52 bits per heavy atom. The van der Waals surface area contributed by atoms with E-state index in [-0.39, 0.29) is 11.9 Å². The second-order valence-corrected chi connectivity index (χ2v) is 6.43. The van der Waals surface area contributed by atoms with E-state index in [4.69, 9.17) is 5.73 Å². The third kappa shape index (κ3) is 3.67. The Morgan fingerprint density at radius 2 is 2.29 bits per heavy atom. The van der Waals surface area contributed by atoms with Crippen LogP contribution in [0.5, 0.6) is 0 Å². The normalized spacial score (nSPS) is 12.3. The average molecular weight is 305 g/mol. The number of nitrogens with two attached hydrogens (primary N) is 1. The third-order valence-corrected chi connectivity index (χ3v) is 4.56. The van der Waals surface area contributed by atoms with Crippen molar-refractivity contribution in [3.63, 3.8) is 0 Å². The van der Waals surface area contributed by atoms with Gasteiger partial charge in [-0.15, -0.1) is 11.3 Å². The first-order valence-electron chi connectivity index (χ1n) is 7.28. The molecule has 4 nitrogen and oxygen atoms in total. The second kappa shape index (κ2) is 6.80. The fourth-order valence-corrected chi connectivity index (χ4v) is 3.20. The highest BCUT2D eigenvalue weighted by atomic mass is 32.1. The minimum atomic E-state index is 0.0317. The number of anilines is 1. The van der Waals surface area contributed by atoms with Crippen molar-refractivity contribution in [2.75, 3.05) is 12.8 Å². The second-order valence-electron chi connectivity index (χ2n) is 5.40. The number of aryl methyl sites for hydroxylation is 1. The van der Waals surface area contributed by atoms with Crippen LogP contribution in [0.15, 0.2) is 29.8 Å². The molecular weight excluding hydrogens is 282 g/mol. The summed E-state index contributed by atoms with van der Waals surface area (Å²) < 4.78 is 1.95. The van der Waals surface area contributed by atoms with E-state index in [2.05, 4.69) is 25.3 Å². The van der Waals surface area contributed by atoms with Crippen molar-refractivity contribution >= 4 is 22.9 Å². The van der Waals surface area contributed by atoms with Gasteiger partial charge in [0.2, 0.25) is 0 Å². The molecule has 0 fully saturated rings. The van der Waals surface area contributed by atoms with Crippen LogP contribution in [0.25, 0.3) is 0 Å². The van der Waals surface area contributed by atoms with Crippen LogP contribution >= 0.6 is 11.3 Å². The molecule has 0 aliphatic carbocycles. The summed E-state index contributed by atoms with van der Waals surface area (Å²) in [4.78, 5) is 15.8. The molecule has 5 heteroatoms. The van der Waals surface area contributed by atoms with Crippen molar-refractivity contribution in [2.45, 2.75) is 39.3 Å². The van der Waals surface area contributed by atoms with Crippen molar-refractivity contribution in [1.29, 1.82) is 0 Å². The number of rotatable bonds is 6. The molecule has 2 heterocycles. The Bertz CT molecular complexity index is 589. The first-order chi connectivity index (χ1) is 10.0. The number of aromatic nitrogens is 1. The van der Waals surface area contributed by atoms with E-state index in [1.807, 2.05) is 23.9 Å². The molecule has 0 saturated carbocycles. The van der Waals surface area contributed by atoms with Gasteiger partial charge in [0.15, 0.2) is 0 Å². The van der Waals surface area contributed by atoms with Gasteiger partial charge in [0.1, 0.15) is 5.69 Å². The largest absolute Gasteiger partial charge is 0.397 e. The van der Waals surface area contributed by atoms with E-state index in [9.17, 15) is 4.79 Å². The number of carbonyl (C=O) groups excluding carboxylic acids is 1. The molecule has 0 radical (unpaired) electrons. The molecule has 0 saturated heterocycles. The molecule has 2 aromatic heterocycles. The van der Waals surface area contributed by atoms with E-state index in [1.165, 1.54) is 4.88 Å². The molecule has 0 bridgehead atoms. The van der Waals surface area contributed by atoms with Gasteiger partial charge >= 0.3 is 0 Å². The van der Waals surface area contributed by atoms with Gasteiger partial charge in [0.05, 0.1) is 5.69 Å². The molecule has 0 aromatic carbocycles. The van der Waals surface area contributed by atoms with Gasteiger partial charge < -0.3 is 15.2 Å². The zero-order valence-electron chi connectivity index (χ0n) is 12.9. The van der Waals surface area contributed by atoms with Crippen molar-refractivity contribution in [1.82, 2.24) is 9.47 Å². The monoisotopic (exact) mass is 305 g/mol. The van der Waals surface area contributed by atoms with Crippen LogP contribution in [0.4, 0.5) is 5.69 Å². The minimum absolute atomic E-state index is 0.0317. The van der Waals surface area contributed by atoms with Crippen molar-refractivity contribution in [3.8, 4) is 0 Å². The number of hydrogen-bond donors (Lipinski definition) is 1. The van der Waals surface area contributed by atoms with Crippen LogP contribution in [0.1, 0.15) is 35.6 Å². The SMILES string of the molecule is CCCn1cc(N)cc1C(=O)N(C)C(C)Cc1cccs1. The molecule has 0 aliphatic heterocycles. The predicted octanol–water partition coefficient (Wildman–Crippen LogP) is 3.25. The molecule has 2 N–H and O–H groups in total. The highest BCUT2D eigenvalue weighted by Gasteiger charge is 2.21. The van der Waals surface area contributed by atoms with Gasteiger partial charge in [-0.1, -0.05) is 13.0 Å². The maximum absolute atomic E-state index is 12.7. The predicted molar refractivity (Wildman–Crippen MR) is 88.7 cm³/mol. The number of nitrogen functional groups attached to an aromatic ring is 1. The Morgan fingerprint density at radius 3 is 2.90 bits per heavy atom. The van der Waals surface area contributed by atoms with E-state index in [1.54, 1.807) is 22.3 Å². The van der Waals surface area contributed by atoms with Crippen LogP contribution in [0.3, 0.4) is 0 Å². The highest BCUT2D eigenvalue weighted by Crippen LogP contribution is 2.17.